The molecule has 2 aromatic rings. The van der Waals surface area contributed by atoms with Crippen molar-refractivity contribution >= 4 is 23.4 Å². The van der Waals surface area contributed by atoms with Crippen LogP contribution in [0, 0.1) is 13.8 Å². The molecule has 1 aromatic heterocycles. The lowest BCUT2D eigenvalue weighted by Gasteiger charge is -2.05. The normalized spacial score (nSPS) is 10.2. The van der Waals surface area contributed by atoms with Crippen LogP contribution >= 0.6 is 11.8 Å². The second-order valence-corrected chi connectivity index (χ2v) is 5.03. The van der Waals surface area contributed by atoms with Crippen molar-refractivity contribution in [3.05, 3.63) is 41.7 Å². The molecule has 98 valence electrons. The van der Waals surface area contributed by atoms with Crippen LogP contribution in [0.2, 0.25) is 0 Å². The number of nitrogens with one attached hydrogen (secondary N) is 1. The van der Waals surface area contributed by atoms with Crippen molar-refractivity contribution in [3.8, 4) is 0 Å². The second kappa shape index (κ2) is 6.29. The summed E-state index contributed by atoms with van der Waals surface area (Å²) < 4.78 is 0. The van der Waals surface area contributed by atoms with Gasteiger partial charge < -0.3 is 5.32 Å². The zero-order chi connectivity index (χ0) is 13.7. The SMILES string of the molecule is Cc1cccc(NC(=O)CSc2nncc(C)n2)c1. The number of anilines is 1. The van der Waals surface area contributed by atoms with Crippen molar-refractivity contribution in [2.45, 2.75) is 19.0 Å². The number of carbonyl (C=O) groups is 1. The number of hydrogen-bond acceptors (Lipinski definition) is 5. The molecule has 0 unspecified atom stereocenters. The highest BCUT2D eigenvalue weighted by Crippen LogP contribution is 2.13. The highest BCUT2D eigenvalue weighted by atomic mass is 32.2. The molecule has 1 N–H and O–H groups in total. The Labute approximate surface area is 115 Å². The number of amides is 1. The van der Waals surface area contributed by atoms with Gasteiger partial charge in [0.1, 0.15) is 0 Å². The van der Waals surface area contributed by atoms with Gasteiger partial charge in [0, 0.05) is 5.69 Å². The summed E-state index contributed by atoms with van der Waals surface area (Å²) in [5, 5.41) is 11.0. The van der Waals surface area contributed by atoms with Gasteiger partial charge in [0.2, 0.25) is 11.1 Å². The minimum absolute atomic E-state index is 0.0827. The van der Waals surface area contributed by atoms with E-state index in [1.807, 2.05) is 38.1 Å². The van der Waals surface area contributed by atoms with Gasteiger partial charge in [-0.15, -0.1) is 5.10 Å². The van der Waals surface area contributed by atoms with E-state index in [1.165, 1.54) is 11.8 Å². The molecule has 0 aliphatic carbocycles. The number of aromatic nitrogens is 3. The minimum Gasteiger partial charge on any atom is -0.325 e. The van der Waals surface area contributed by atoms with Gasteiger partial charge in [0.05, 0.1) is 17.6 Å². The maximum Gasteiger partial charge on any atom is 0.234 e. The Morgan fingerprint density at radius 2 is 2.21 bits per heavy atom. The van der Waals surface area contributed by atoms with Gasteiger partial charge in [-0.3, -0.25) is 4.79 Å². The molecular formula is C13H14N4OS. The molecule has 0 radical (unpaired) electrons. The third kappa shape index (κ3) is 4.33. The lowest BCUT2D eigenvalue weighted by Crippen LogP contribution is -2.14. The van der Waals surface area contributed by atoms with E-state index in [4.69, 9.17) is 0 Å². The minimum atomic E-state index is -0.0827. The van der Waals surface area contributed by atoms with E-state index in [9.17, 15) is 4.79 Å². The third-order valence-electron chi connectivity index (χ3n) is 2.29. The fourth-order valence-corrected chi connectivity index (χ4v) is 2.12. The van der Waals surface area contributed by atoms with Gasteiger partial charge in [0.25, 0.3) is 0 Å². The van der Waals surface area contributed by atoms with E-state index < -0.39 is 0 Å². The van der Waals surface area contributed by atoms with E-state index in [-0.39, 0.29) is 11.7 Å². The Balaban J connectivity index is 1.88. The van der Waals surface area contributed by atoms with E-state index in [2.05, 4.69) is 20.5 Å². The molecule has 0 aliphatic rings. The first-order valence-electron chi connectivity index (χ1n) is 5.79. The van der Waals surface area contributed by atoms with Crippen LogP contribution in [-0.2, 0) is 4.79 Å². The van der Waals surface area contributed by atoms with Crippen LogP contribution < -0.4 is 5.32 Å². The summed E-state index contributed by atoms with van der Waals surface area (Å²) in [5.74, 6) is 0.180. The van der Waals surface area contributed by atoms with Crippen molar-refractivity contribution in [2.75, 3.05) is 11.1 Å². The number of thioether (sulfide) groups is 1. The summed E-state index contributed by atoms with van der Waals surface area (Å²) >= 11 is 1.27. The number of rotatable bonds is 4. The van der Waals surface area contributed by atoms with E-state index in [0.717, 1.165) is 16.9 Å². The molecule has 6 heteroatoms. The molecule has 2 rings (SSSR count). The van der Waals surface area contributed by atoms with E-state index in [0.29, 0.717) is 5.16 Å². The number of benzene rings is 1. The summed E-state index contributed by atoms with van der Waals surface area (Å²) in [6.07, 6.45) is 1.58. The van der Waals surface area contributed by atoms with Gasteiger partial charge in [-0.2, -0.15) is 5.10 Å². The fraction of sp³-hybridized carbons (Fsp3) is 0.231. The first-order chi connectivity index (χ1) is 9.13. The lowest BCUT2D eigenvalue weighted by molar-refractivity contribution is -0.113. The quantitative estimate of drug-likeness (QED) is 0.866. The molecule has 19 heavy (non-hydrogen) atoms. The Morgan fingerprint density at radius 1 is 1.37 bits per heavy atom. The van der Waals surface area contributed by atoms with Crippen molar-refractivity contribution in [2.24, 2.45) is 0 Å². The van der Waals surface area contributed by atoms with Gasteiger partial charge >= 0.3 is 0 Å². The zero-order valence-corrected chi connectivity index (χ0v) is 11.6. The zero-order valence-electron chi connectivity index (χ0n) is 10.8. The van der Waals surface area contributed by atoms with Crippen LogP contribution in [0.4, 0.5) is 5.69 Å². The van der Waals surface area contributed by atoms with Gasteiger partial charge in [-0.1, -0.05) is 23.9 Å². The molecule has 0 saturated heterocycles. The number of aryl methyl sites for hydroxylation is 2. The fourth-order valence-electron chi connectivity index (χ4n) is 1.48. The summed E-state index contributed by atoms with van der Waals surface area (Å²) in [7, 11) is 0. The van der Waals surface area contributed by atoms with Crippen molar-refractivity contribution < 1.29 is 4.79 Å². The summed E-state index contributed by atoms with van der Waals surface area (Å²) in [4.78, 5) is 15.9. The number of carbonyl (C=O) groups excluding carboxylic acids is 1. The largest absolute Gasteiger partial charge is 0.325 e. The van der Waals surface area contributed by atoms with Crippen LogP contribution in [0.25, 0.3) is 0 Å². The predicted molar refractivity (Wildman–Crippen MR) is 75.1 cm³/mol. The molecule has 0 spiro atoms. The number of hydrogen-bond donors (Lipinski definition) is 1. The number of nitrogens with zero attached hydrogens (tertiary/aromatic N) is 3. The molecule has 1 heterocycles. The standard InChI is InChI=1S/C13H14N4OS/c1-9-4-3-5-11(6-9)16-12(18)8-19-13-15-10(2)7-14-17-13/h3-7H,8H2,1-2H3,(H,16,18). The molecule has 1 aromatic carbocycles. The van der Waals surface area contributed by atoms with Gasteiger partial charge in [-0.05, 0) is 31.5 Å². The Hall–Kier alpha value is -1.95. The van der Waals surface area contributed by atoms with E-state index in [1.54, 1.807) is 6.20 Å². The Bertz CT molecular complexity index is 588. The predicted octanol–water partition coefficient (Wildman–Crippen LogP) is 2.22. The molecule has 5 nitrogen and oxygen atoms in total. The summed E-state index contributed by atoms with van der Waals surface area (Å²) in [5.41, 5.74) is 2.70. The van der Waals surface area contributed by atoms with Crippen LogP contribution in [-0.4, -0.2) is 26.8 Å². The van der Waals surface area contributed by atoms with Crippen molar-refractivity contribution in [3.63, 3.8) is 0 Å². The van der Waals surface area contributed by atoms with Crippen LogP contribution in [0.15, 0.2) is 35.6 Å². The highest BCUT2D eigenvalue weighted by molar-refractivity contribution is 7.99. The molecule has 0 fully saturated rings. The van der Waals surface area contributed by atoms with Gasteiger partial charge in [0.15, 0.2) is 0 Å². The average molecular weight is 274 g/mol. The first kappa shape index (κ1) is 13.5. The van der Waals surface area contributed by atoms with Crippen LogP contribution in [0.5, 0.6) is 0 Å². The third-order valence-corrected chi connectivity index (χ3v) is 3.13. The second-order valence-electron chi connectivity index (χ2n) is 4.09. The highest BCUT2D eigenvalue weighted by Gasteiger charge is 2.06. The molecule has 0 bridgehead atoms. The Morgan fingerprint density at radius 3 is 2.95 bits per heavy atom. The van der Waals surface area contributed by atoms with Crippen molar-refractivity contribution in [1.29, 1.82) is 0 Å². The lowest BCUT2D eigenvalue weighted by atomic mass is 10.2. The maximum absolute atomic E-state index is 11.8. The molecule has 1 amide bonds. The van der Waals surface area contributed by atoms with E-state index >= 15 is 0 Å². The van der Waals surface area contributed by atoms with Crippen LogP contribution in [0.1, 0.15) is 11.3 Å². The first-order valence-corrected chi connectivity index (χ1v) is 6.78. The molecular weight excluding hydrogens is 260 g/mol. The Kier molecular flexibility index (Phi) is 4.46. The van der Waals surface area contributed by atoms with Gasteiger partial charge in [-0.25, -0.2) is 4.98 Å². The summed E-state index contributed by atoms with van der Waals surface area (Å²) in [6, 6.07) is 7.68. The summed E-state index contributed by atoms with van der Waals surface area (Å²) in [6.45, 7) is 3.82. The topological polar surface area (TPSA) is 67.8 Å². The molecule has 0 saturated carbocycles. The average Bonchev–Trinajstić information content (AvgIpc) is 2.36. The smallest absolute Gasteiger partial charge is 0.234 e. The van der Waals surface area contributed by atoms with Crippen molar-refractivity contribution in [1.82, 2.24) is 15.2 Å². The maximum atomic E-state index is 11.8. The molecule has 0 atom stereocenters. The molecule has 0 aliphatic heterocycles. The monoisotopic (exact) mass is 274 g/mol. The van der Waals surface area contributed by atoms with Crippen LogP contribution in [0.3, 0.4) is 0 Å².